The number of esters is 11. The second-order valence-corrected chi connectivity index (χ2v) is 29.7. The van der Waals surface area contributed by atoms with Gasteiger partial charge in [0.15, 0.2) is 79.9 Å². The number of allylic oxidation sites excluding steroid dienone is 2. The number of hydrogen-bond acceptors (Lipinski definition) is 29. The minimum Gasteiger partial charge on any atom is -0.465 e. The standard InChI is InChI=1S/C68H96O29/c1-29-47(84-32(4)71)49(86-34(6)73)54(88-36(8)75)60(83-29)95-51-52-56(97-61-55(89-37(9)76)50(87-35(7)74)48(85-33(5)72)42(92-61)27-81-30(2)69)62(96-53(51)59(80)94-52)93-46-22-23-65(16)43(64(46,14)15)21-24-66(17)44(65)20-19-40-41-25-63(12,13)57(90-38(10)77)58(91-39(11)78)68(41,28-82-31(3)70)45(79)26-67(40,66)18/h19,29,41-58,60-62,79H,20-28H2,1-18H3/t29-,41-,42+,43-,44+,45+,46-,47-,48-,49+,50-,51-,52-,53-,54+,55+,56+,57-,58-,60-,61-,62+,65-,66+,67+,68-/m0/s1. The smallest absolute Gasteiger partial charge is 0.338 e. The van der Waals surface area contributed by atoms with Gasteiger partial charge >= 0.3 is 65.7 Å². The maximum absolute atomic E-state index is 14.5. The van der Waals surface area contributed by atoms with Gasteiger partial charge in [-0.2, -0.15) is 0 Å². The molecule has 2 bridgehead atoms. The molecule has 0 aromatic heterocycles. The van der Waals surface area contributed by atoms with Gasteiger partial charge in [-0.3, -0.25) is 47.9 Å². The van der Waals surface area contributed by atoms with E-state index < -0.39 is 227 Å². The fraction of sp³-hybridized carbons (Fsp3) is 0.809. The number of aliphatic hydroxyl groups is 1. The summed E-state index contributed by atoms with van der Waals surface area (Å²) >= 11 is 0. The van der Waals surface area contributed by atoms with Crippen LogP contribution in [0.25, 0.3) is 0 Å². The predicted molar refractivity (Wildman–Crippen MR) is 325 cm³/mol. The quantitative estimate of drug-likeness (QED) is 0.0830. The van der Waals surface area contributed by atoms with E-state index in [-0.39, 0.29) is 24.9 Å². The monoisotopic (exact) mass is 1380 g/mol. The van der Waals surface area contributed by atoms with Crippen molar-refractivity contribution in [2.24, 2.45) is 50.2 Å². The van der Waals surface area contributed by atoms with Gasteiger partial charge in [0.1, 0.15) is 31.5 Å². The lowest BCUT2D eigenvalue weighted by Crippen LogP contribution is -2.72. The van der Waals surface area contributed by atoms with Gasteiger partial charge in [-0.1, -0.05) is 60.1 Å². The normalized spacial score (nSPS) is 42.1. The summed E-state index contributed by atoms with van der Waals surface area (Å²) in [6.07, 6.45) is -22.4. The Morgan fingerprint density at radius 2 is 1.01 bits per heavy atom. The molecule has 5 aliphatic carbocycles. The number of carbonyl (C=O) groups excluding carboxylic acids is 11. The molecular weight excluding hydrogens is 1280 g/mol. The summed E-state index contributed by atoms with van der Waals surface area (Å²) in [7, 11) is 0. The Labute approximate surface area is 563 Å². The molecule has 9 rings (SSSR count). The summed E-state index contributed by atoms with van der Waals surface area (Å²) in [6, 6.07) is 0. The molecule has 4 saturated heterocycles. The Morgan fingerprint density at radius 1 is 0.515 bits per heavy atom. The Morgan fingerprint density at radius 3 is 1.57 bits per heavy atom. The lowest BCUT2D eigenvalue weighted by molar-refractivity contribution is -0.377. The van der Waals surface area contributed by atoms with Crippen LogP contribution in [0.15, 0.2) is 11.6 Å². The molecule has 29 nitrogen and oxygen atoms in total. The molecule has 0 spiro atoms. The van der Waals surface area contributed by atoms with E-state index in [0.29, 0.717) is 38.5 Å². The van der Waals surface area contributed by atoms with Gasteiger partial charge in [-0.05, 0) is 91.3 Å². The zero-order valence-electron chi connectivity index (χ0n) is 58.5. The SMILES string of the molecule is CC(=O)OC[C@H]1O[C@@H](O[C@H]2[C@H](O[C@H]3CC[C@]4(C)[C@H]5CC=C6[C@@H]7CC(C)(C)[C@@H](OC(C)=O)[C@H](OC(C)=O)[C@]7(COC(C)=O)[C@H](O)C[C@@]6(C)[C@]5(C)CC[C@H]4C3(C)C)O[C@@H]3C(=O)O[C@H]2[C@@H]3O[C@@H]2O[C@@H](C)[C@H](OC(C)=O)[C@@H](OC(C)=O)[C@H]2OC(C)=O)[C@H](OC(C)=O)[C@@H](OC(C)=O)[C@H]1OC(C)=O. The molecular formula is C68H96O29. The van der Waals surface area contributed by atoms with Crippen LogP contribution < -0.4 is 0 Å². The molecule has 97 heavy (non-hydrogen) atoms. The van der Waals surface area contributed by atoms with Gasteiger partial charge in [0, 0.05) is 74.7 Å². The van der Waals surface area contributed by atoms with Crippen LogP contribution in [-0.2, 0) is 133 Å². The van der Waals surface area contributed by atoms with Crippen molar-refractivity contribution in [3.63, 3.8) is 0 Å². The molecule has 542 valence electrons. The highest BCUT2D eigenvalue weighted by molar-refractivity contribution is 5.79. The largest absolute Gasteiger partial charge is 0.465 e. The molecule has 8 fully saturated rings. The molecule has 0 radical (unpaired) electrons. The molecule has 0 aromatic rings. The van der Waals surface area contributed by atoms with Crippen molar-refractivity contribution < 1.29 is 138 Å². The average molecular weight is 1380 g/mol. The molecule has 9 aliphatic rings. The first-order valence-electron chi connectivity index (χ1n) is 33.3. The first-order chi connectivity index (χ1) is 45.1. The van der Waals surface area contributed by atoms with Crippen LogP contribution >= 0.6 is 0 Å². The van der Waals surface area contributed by atoms with E-state index in [4.69, 9.17) is 80.5 Å². The third kappa shape index (κ3) is 14.1. The van der Waals surface area contributed by atoms with Crippen molar-refractivity contribution >= 4 is 65.7 Å². The highest BCUT2D eigenvalue weighted by Gasteiger charge is 2.75. The number of hydrogen-bond donors (Lipinski definition) is 1. The van der Waals surface area contributed by atoms with Gasteiger partial charge in [-0.15, -0.1) is 0 Å². The van der Waals surface area contributed by atoms with Gasteiger partial charge in [-0.25, -0.2) is 4.79 Å². The summed E-state index contributed by atoms with van der Waals surface area (Å²) in [4.78, 5) is 143. The second-order valence-electron chi connectivity index (χ2n) is 29.7. The van der Waals surface area contributed by atoms with Crippen molar-refractivity contribution in [1.29, 1.82) is 0 Å². The van der Waals surface area contributed by atoms with E-state index in [9.17, 15) is 57.8 Å². The van der Waals surface area contributed by atoms with E-state index in [1.807, 2.05) is 13.8 Å². The molecule has 0 aromatic carbocycles. The molecule has 0 amide bonds. The molecule has 1 N–H and O–H groups in total. The Hall–Kier alpha value is -6.37. The molecule has 4 aliphatic heterocycles. The van der Waals surface area contributed by atoms with E-state index in [1.165, 1.54) is 27.7 Å². The van der Waals surface area contributed by atoms with Crippen LogP contribution in [0.3, 0.4) is 0 Å². The highest BCUT2D eigenvalue weighted by atomic mass is 16.8. The number of carbonyl (C=O) groups is 11. The van der Waals surface area contributed by atoms with Crippen molar-refractivity contribution in [3.8, 4) is 0 Å². The molecule has 4 saturated carbocycles. The zero-order valence-corrected chi connectivity index (χ0v) is 58.5. The number of aliphatic hydroxyl groups excluding tert-OH is 1. The molecule has 29 heteroatoms. The molecule has 26 atom stereocenters. The number of rotatable bonds is 18. The van der Waals surface area contributed by atoms with E-state index in [0.717, 1.165) is 54.0 Å². The molecule has 0 unspecified atom stereocenters. The Balaban J connectivity index is 1.09. The third-order valence-electron chi connectivity index (χ3n) is 22.6. The zero-order chi connectivity index (χ0) is 71.7. The first-order valence-corrected chi connectivity index (χ1v) is 33.3. The summed E-state index contributed by atoms with van der Waals surface area (Å²) < 4.78 is 104. The number of fused-ring (bicyclic) bond motifs is 9. The lowest BCUT2D eigenvalue weighted by atomic mass is 9.33. The summed E-state index contributed by atoms with van der Waals surface area (Å²) in [6.45, 7) is 26.8. The number of ether oxygens (including phenoxy) is 17. The maximum atomic E-state index is 14.5. The highest BCUT2D eigenvalue weighted by Crippen LogP contribution is 2.76. The van der Waals surface area contributed by atoms with E-state index in [2.05, 4.69) is 40.7 Å². The van der Waals surface area contributed by atoms with Crippen molar-refractivity contribution in [2.45, 2.75) is 286 Å². The van der Waals surface area contributed by atoms with Gasteiger partial charge in [0.2, 0.25) is 0 Å². The van der Waals surface area contributed by atoms with Crippen molar-refractivity contribution in [2.75, 3.05) is 13.2 Å². The average Bonchev–Trinajstić information content (AvgIpc) is 1.07. The summed E-state index contributed by atoms with van der Waals surface area (Å²) in [5, 5.41) is 13.1. The molecule has 4 heterocycles. The maximum Gasteiger partial charge on any atom is 0.338 e. The third-order valence-corrected chi connectivity index (χ3v) is 22.6. The lowest BCUT2D eigenvalue weighted by Gasteiger charge is -2.72. The Bertz CT molecular complexity index is 3120. The van der Waals surface area contributed by atoms with Crippen LogP contribution in [0.4, 0.5) is 0 Å². The Kier molecular flexibility index (Phi) is 21.6. The minimum atomic E-state index is -1.90. The van der Waals surface area contributed by atoms with E-state index >= 15 is 0 Å². The fourth-order valence-electron chi connectivity index (χ4n) is 18.6. The topological polar surface area (TPSA) is 365 Å². The van der Waals surface area contributed by atoms with Crippen LogP contribution in [0.1, 0.15) is 170 Å². The van der Waals surface area contributed by atoms with Gasteiger partial charge in [0.25, 0.3) is 0 Å². The van der Waals surface area contributed by atoms with Gasteiger partial charge in [0.05, 0.1) is 23.7 Å². The summed E-state index contributed by atoms with van der Waals surface area (Å²) in [5.74, 6) is -9.53. The van der Waals surface area contributed by atoms with Crippen LogP contribution in [0.2, 0.25) is 0 Å². The van der Waals surface area contributed by atoms with Crippen LogP contribution in [-0.4, -0.2) is 201 Å². The predicted octanol–water partition coefficient (Wildman–Crippen LogP) is 4.83. The van der Waals surface area contributed by atoms with Gasteiger partial charge < -0.3 is 85.6 Å². The minimum absolute atomic E-state index is 0.00909. The summed E-state index contributed by atoms with van der Waals surface area (Å²) in [5.41, 5.74) is -3.48. The van der Waals surface area contributed by atoms with Crippen molar-refractivity contribution in [1.82, 2.24) is 0 Å². The van der Waals surface area contributed by atoms with Crippen molar-refractivity contribution in [3.05, 3.63) is 11.6 Å². The fourth-order valence-corrected chi connectivity index (χ4v) is 18.6. The first kappa shape index (κ1) is 74.8. The second kappa shape index (κ2) is 28.0. The van der Waals surface area contributed by atoms with Crippen LogP contribution in [0.5, 0.6) is 0 Å². The van der Waals surface area contributed by atoms with E-state index in [1.54, 1.807) is 0 Å². The van der Waals surface area contributed by atoms with Crippen LogP contribution in [0, 0.1) is 50.2 Å².